The predicted octanol–water partition coefficient (Wildman–Crippen LogP) is 5.53. The monoisotopic (exact) mass is 421 g/mol. The normalized spacial score (nSPS) is 15.1. The van der Waals surface area contributed by atoms with Gasteiger partial charge in [0.2, 0.25) is 0 Å². The first-order valence-corrected chi connectivity index (χ1v) is 10.3. The van der Waals surface area contributed by atoms with E-state index >= 15 is 0 Å². The van der Waals surface area contributed by atoms with Gasteiger partial charge in [-0.05, 0) is 57.9 Å². The van der Waals surface area contributed by atoms with Gasteiger partial charge in [0.05, 0.1) is 12.2 Å². The lowest BCUT2D eigenvalue weighted by molar-refractivity contribution is -0.0120. The van der Waals surface area contributed by atoms with Gasteiger partial charge >= 0.3 is 0 Å². The molecule has 3 atom stereocenters. The predicted molar refractivity (Wildman–Crippen MR) is 115 cm³/mol. The van der Waals surface area contributed by atoms with Crippen molar-refractivity contribution in [1.29, 1.82) is 0 Å². The summed E-state index contributed by atoms with van der Waals surface area (Å²) in [5.41, 5.74) is 5.61. The second kappa shape index (κ2) is 20.4. The van der Waals surface area contributed by atoms with E-state index in [1.807, 2.05) is 0 Å². The van der Waals surface area contributed by atoms with Gasteiger partial charge in [0.25, 0.3) is 0 Å². The van der Waals surface area contributed by atoms with Gasteiger partial charge in [-0.25, -0.2) is 0 Å². The van der Waals surface area contributed by atoms with Crippen molar-refractivity contribution in [3.63, 3.8) is 0 Å². The van der Waals surface area contributed by atoms with Crippen LogP contribution in [0.2, 0.25) is 0 Å². The minimum absolute atomic E-state index is 0. The van der Waals surface area contributed by atoms with Gasteiger partial charge in [-0.15, -0.1) is 17.0 Å². The Morgan fingerprint density at radius 3 is 1.84 bits per heavy atom. The van der Waals surface area contributed by atoms with Crippen LogP contribution in [-0.4, -0.2) is 29.0 Å². The average molecular weight is 422 g/mol. The highest BCUT2D eigenvalue weighted by atomic mass is 79.9. The van der Waals surface area contributed by atoms with Crippen molar-refractivity contribution in [2.75, 3.05) is 6.54 Å². The number of unbranched alkanes of at least 4 members (excludes halogenated alkanes) is 9. The number of aliphatic hydroxyl groups is 2. The zero-order valence-corrected chi connectivity index (χ0v) is 18.4. The third kappa shape index (κ3) is 17.3. The van der Waals surface area contributed by atoms with Gasteiger partial charge in [0.1, 0.15) is 0 Å². The van der Waals surface area contributed by atoms with E-state index < -0.39 is 12.2 Å². The molecule has 0 aliphatic rings. The molecule has 0 heterocycles. The van der Waals surface area contributed by atoms with Crippen LogP contribution >= 0.6 is 17.0 Å². The van der Waals surface area contributed by atoms with Gasteiger partial charge in [0, 0.05) is 0 Å². The molecule has 3 nitrogen and oxygen atoms in total. The Kier molecular flexibility index (Phi) is 22.3. The molecule has 0 saturated heterocycles. The average Bonchev–Trinajstić information content (AvgIpc) is 2.57. The number of nitrogens with two attached hydrogens (primary N) is 1. The Hall–Kier alpha value is 0.1000. The summed E-state index contributed by atoms with van der Waals surface area (Å²) >= 11 is 0. The highest BCUT2D eigenvalue weighted by Gasteiger charge is 2.22. The van der Waals surface area contributed by atoms with Crippen molar-refractivity contribution >= 4 is 17.0 Å². The molecule has 0 fully saturated rings. The first-order chi connectivity index (χ1) is 11.6. The number of hydrogen-bond donors (Lipinski definition) is 3. The first kappa shape index (κ1) is 27.3. The Morgan fingerprint density at radius 2 is 1.32 bits per heavy atom. The standard InChI is InChI=1S/C21H43NO2.BrH/c1-3-4-5-6-7-8-9-10-11-12-13-14-15-16-20(17-18-22)21(24)19(2)23;/h10-11,19-21,23-24H,3-9,12-18,22H2,1-2H3;1H/b11-10-;. The van der Waals surface area contributed by atoms with E-state index in [9.17, 15) is 10.2 Å². The van der Waals surface area contributed by atoms with Crippen LogP contribution in [0.15, 0.2) is 12.2 Å². The highest BCUT2D eigenvalue weighted by Crippen LogP contribution is 2.20. The summed E-state index contributed by atoms with van der Waals surface area (Å²) in [4.78, 5) is 0. The maximum absolute atomic E-state index is 9.99. The summed E-state index contributed by atoms with van der Waals surface area (Å²) in [7, 11) is 0. The summed E-state index contributed by atoms with van der Waals surface area (Å²) in [6, 6.07) is 0. The molecule has 0 bridgehead atoms. The van der Waals surface area contributed by atoms with Crippen molar-refractivity contribution < 1.29 is 10.2 Å². The molecular formula is C21H44BrNO2. The Morgan fingerprint density at radius 1 is 0.800 bits per heavy atom. The van der Waals surface area contributed by atoms with Crippen molar-refractivity contribution in [2.45, 2.75) is 110 Å². The fourth-order valence-corrected chi connectivity index (χ4v) is 3.22. The first-order valence-electron chi connectivity index (χ1n) is 10.3. The SMILES string of the molecule is Br.CCCCCCCC/C=C\CCCCCC(CCN)C(O)C(C)O. The smallest absolute Gasteiger partial charge is 0.0824 e. The molecule has 0 rings (SSSR count). The van der Waals surface area contributed by atoms with Crippen LogP contribution in [0, 0.1) is 5.92 Å². The van der Waals surface area contributed by atoms with E-state index in [1.165, 1.54) is 57.8 Å². The lowest BCUT2D eigenvalue weighted by Gasteiger charge is -2.24. The van der Waals surface area contributed by atoms with Crippen LogP contribution in [0.25, 0.3) is 0 Å². The lowest BCUT2D eigenvalue weighted by atomic mass is 9.89. The van der Waals surface area contributed by atoms with Gasteiger partial charge in [0.15, 0.2) is 0 Å². The second-order valence-corrected chi connectivity index (χ2v) is 7.23. The summed E-state index contributed by atoms with van der Waals surface area (Å²) < 4.78 is 0. The van der Waals surface area contributed by atoms with Gasteiger partial charge in [-0.1, -0.05) is 64.0 Å². The third-order valence-corrected chi connectivity index (χ3v) is 4.85. The van der Waals surface area contributed by atoms with E-state index in [4.69, 9.17) is 5.73 Å². The Bertz CT molecular complexity index is 285. The minimum atomic E-state index is -0.661. The molecule has 0 aromatic carbocycles. The van der Waals surface area contributed by atoms with Gasteiger partial charge < -0.3 is 15.9 Å². The van der Waals surface area contributed by atoms with Crippen molar-refractivity contribution in [3.05, 3.63) is 12.2 Å². The van der Waals surface area contributed by atoms with Crippen LogP contribution in [0.4, 0.5) is 0 Å². The molecule has 0 aliphatic carbocycles. The summed E-state index contributed by atoms with van der Waals surface area (Å²) in [5.74, 6) is 0.137. The molecule has 0 aliphatic heterocycles. The number of allylic oxidation sites excluding steroid dienone is 2. The van der Waals surface area contributed by atoms with Crippen LogP contribution in [0.3, 0.4) is 0 Å². The quantitative estimate of drug-likeness (QED) is 0.213. The molecule has 152 valence electrons. The number of aliphatic hydroxyl groups excluding tert-OH is 2. The maximum atomic E-state index is 9.99. The molecule has 0 spiro atoms. The number of halogens is 1. The topological polar surface area (TPSA) is 66.5 Å². The van der Waals surface area contributed by atoms with E-state index in [0.29, 0.717) is 6.54 Å². The molecule has 0 saturated carbocycles. The van der Waals surface area contributed by atoms with E-state index in [1.54, 1.807) is 6.92 Å². The zero-order valence-electron chi connectivity index (χ0n) is 16.7. The molecule has 4 N–H and O–H groups in total. The Labute approximate surface area is 167 Å². The molecular weight excluding hydrogens is 378 g/mol. The lowest BCUT2D eigenvalue weighted by Crippen LogP contribution is -2.32. The summed E-state index contributed by atoms with van der Waals surface area (Å²) in [6.07, 6.45) is 19.2. The molecule has 3 unspecified atom stereocenters. The second-order valence-electron chi connectivity index (χ2n) is 7.23. The van der Waals surface area contributed by atoms with Gasteiger partial charge in [-0.3, -0.25) is 0 Å². The van der Waals surface area contributed by atoms with Crippen LogP contribution in [0.1, 0.15) is 97.3 Å². The van der Waals surface area contributed by atoms with Crippen molar-refractivity contribution in [2.24, 2.45) is 11.7 Å². The van der Waals surface area contributed by atoms with Crippen LogP contribution in [0.5, 0.6) is 0 Å². The summed E-state index contributed by atoms with van der Waals surface area (Å²) in [5, 5.41) is 19.5. The Balaban J connectivity index is 0. The number of rotatable bonds is 17. The van der Waals surface area contributed by atoms with Gasteiger partial charge in [-0.2, -0.15) is 0 Å². The fraction of sp³-hybridized carbons (Fsp3) is 0.905. The molecule has 0 aromatic rings. The van der Waals surface area contributed by atoms with Crippen molar-refractivity contribution in [1.82, 2.24) is 0 Å². The third-order valence-electron chi connectivity index (χ3n) is 4.85. The molecule has 0 radical (unpaired) electrons. The van der Waals surface area contributed by atoms with E-state index in [-0.39, 0.29) is 22.9 Å². The minimum Gasteiger partial charge on any atom is -0.391 e. The number of hydrogen-bond acceptors (Lipinski definition) is 3. The van der Waals surface area contributed by atoms with Crippen LogP contribution in [-0.2, 0) is 0 Å². The van der Waals surface area contributed by atoms with E-state index in [2.05, 4.69) is 19.1 Å². The molecule has 25 heavy (non-hydrogen) atoms. The molecule has 4 heteroatoms. The van der Waals surface area contributed by atoms with Crippen molar-refractivity contribution in [3.8, 4) is 0 Å². The van der Waals surface area contributed by atoms with Crippen LogP contribution < -0.4 is 5.73 Å². The van der Waals surface area contributed by atoms with E-state index in [0.717, 1.165) is 25.7 Å². The molecule has 0 aromatic heterocycles. The fourth-order valence-electron chi connectivity index (χ4n) is 3.22. The highest BCUT2D eigenvalue weighted by molar-refractivity contribution is 8.93. The summed E-state index contributed by atoms with van der Waals surface area (Å²) in [6.45, 7) is 4.49. The maximum Gasteiger partial charge on any atom is 0.0824 e. The zero-order chi connectivity index (χ0) is 18.0. The molecule has 0 amide bonds. The largest absolute Gasteiger partial charge is 0.391 e.